The summed E-state index contributed by atoms with van der Waals surface area (Å²) < 4.78 is 40.4. The van der Waals surface area contributed by atoms with Crippen molar-refractivity contribution < 1.29 is 13.2 Å². The maximum atomic E-state index is 13.5. The Morgan fingerprint density at radius 3 is 2.39 bits per heavy atom. The zero-order valence-corrected chi connectivity index (χ0v) is 16.1. The first-order chi connectivity index (χ1) is 13.3. The van der Waals surface area contributed by atoms with Crippen LogP contribution in [0.1, 0.15) is 37.0 Å². The van der Waals surface area contributed by atoms with E-state index in [1.807, 2.05) is 17.0 Å². The quantitative estimate of drug-likeness (QED) is 0.718. The average molecular weight is 387 g/mol. The number of nitrogens with zero attached hydrogens (tertiary/aromatic N) is 3. The van der Waals surface area contributed by atoms with Crippen molar-refractivity contribution in [2.45, 2.75) is 45.1 Å². The minimum atomic E-state index is -4.38. The van der Waals surface area contributed by atoms with Crippen molar-refractivity contribution in [2.75, 3.05) is 18.0 Å². The number of anilines is 1. The molecule has 1 aliphatic rings. The molecular weight excluding hydrogens is 363 g/mol. The molecule has 28 heavy (non-hydrogen) atoms. The van der Waals surface area contributed by atoms with Crippen LogP contribution in [-0.2, 0) is 12.7 Å². The van der Waals surface area contributed by atoms with Gasteiger partial charge in [-0.25, -0.2) is 0 Å². The summed E-state index contributed by atoms with van der Waals surface area (Å²) in [6, 6.07) is 15.5. The van der Waals surface area contributed by atoms with Gasteiger partial charge in [-0.2, -0.15) is 18.4 Å². The summed E-state index contributed by atoms with van der Waals surface area (Å²) >= 11 is 0. The molecule has 0 radical (unpaired) electrons. The van der Waals surface area contributed by atoms with E-state index in [0.29, 0.717) is 11.6 Å². The zero-order chi connectivity index (χ0) is 20.3. The van der Waals surface area contributed by atoms with Gasteiger partial charge in [0.05, 0.1) is 17.2 Å². The molecule has 0 bridgehead atoms. The highest BCUT2D eigenvalue weighted by molar-refractivity contribution is 5.52. The first kappa shape index (κ1) is 20.2. The molecule has 1 saturated heterocycles. The monoisotopic (exact) mass is 387 g/mol. The Bertz CT molecular complexity index is 837. The van der Waals surface area contributed by atoms with Gasteiger partial charge in [-0.15, -0.1) is 0 Å². The predicted octanol–water partition coefficient (Wildman–Crippen LogP) is 5.07. The summed E-state index contributed by atoms with van der Waals surface area (Å²) in [7, 11) is 0. The fourth-order valence-electron chi connectivity index (χ4n) is 3.77. The Balaban J connectivity index is 1.94. The molecule has 1 atom stereocenters. The van der Waals surface area contributed by atoms with Gasteiger partial charge in [0.1, 0.15) is 0 Å². The summed E-state index contributed by atoms with van der Waals surface area (Å²) in [6.45, 7) is 6.18. The van der Waals surface area contributed by atoms with Gasteiger partial charge in [0.15, 0.2) is 0 Å². The van der Waals surface area contributed by atoms with Crippen molar-refractivity contribution in [3.63, 3.8) is 0 Å². The van der Waals surface area contributed by atoms with E-state index in [2.05, 4.69) is 24.8 Å². The zero-order valence-electron chi connectivity index (χ0n) is 16.1. The highest BCUT2D eigenvalue weighted by atomic mass is 19.4. The lowest BCUT2D eigenvalue weighted by atomic mass is 10.0. The second-order valence-electron chi connectivity index (χ2n) is 7.47. The predicted molar refractivity (Wildman–Crippen MR) is 104 cm³/mol. The number of likely N-dealkylation sites (tertiary alicyclic amines) is 1. The van der Waals surface area contributed by atoms with Crippen LogP contribution < -0.4 is 4.90 Å². The van der Waals surface area contributed by atoms with Crippen molar-refractivity contribution in [3.8, 4) is 6.07 Å². The molecule has 3 rings (SSSR count). The van der Waals surface area contributed by atoms with Crippen LogP contribution in [0.2, 0.25) is 0 Å². The van der Waals surface area contributed by atoms with Crippen molar-refractivity contribution in [3.05, 3.63) is 65.2 Å². The summed E-state index contributed by atoms with van der Waals surface area (Å²) in [6.07, 6.45) is -3.49. The Hall–Kier alpha value is -2.52. The van der Waals surface area contributed by atoms with E-state index in [4.69, 9.17) is 5.26 Å². The van der Waals surface area contributed by atoms with Gasteiger partial charge >= 0.3 is 6.18 Å². The minimum Gasteiger partial charge on any atom is -0.363 e. The number of halogens is 3. The van der Waals surface area contributed by atoms with E-state index in [1.54, 1.807) is 24.3 Å². The molecule has 0 saturated carbocycles. The number of benzene rings is 2. The lowest BCUT2D eigenvalue weighted by Crippen LogP contribution is -2.39. The van der Waals surface area contributed by atoms with Gasteiger partial charge < -0.3 is 4.90 Å². The van der Waals surface area contributed by atoms with Crippen molar-refractivity contribution in [2.24, 2.45) is 0 Å². The van der Waals surface area contributed by atoms with Crippen LogP contribution in [0.15, 0.2) is 48.5 Å². The van der Waals surface area contributed by atoms with Gasteiger partial charge in [-0.3, -0.25) is 4.90 Å². The van der Waals surface area contributed by atoms with Crippen molar-refractivity contribution in [1.82, 2.24) is 4.90 Å². The number of nitriles is 1. The van der Waals surface area contributed by atoms with E-state index in [0.717, 1.165) is 31.3 Å². The standard InChI is InChI=1S/C22H24F3N3/c1-16(2)27-12-11-20(15-27)28(19-9-7-17(13-26)8-10-19)14-18-5-3-4-6-21(18)22(23,24)25/h3-10,16,20H,11-12,14-15H2,1-2H3. The second kappa shape index (κ2) is 8.24. The molecule has 0 aromatic heterocycles. The summed E-state index contributed by atoms with van der Waals surface area (Å²) in [4.78, 5) is 4.39. The van der Waals surface area contributed by atoms with Crippen LogP contribution in [0.5, 0.6) is 0 Å². The van der Waals surface area contributed by atoms with Crippen molar-refractivity contribution in [1.29, 1.82) is 5.26 Å². The normalized spacial score (nSPS) is 17.7. The van der Waals surface area contributed by atoms with Crippen LogP contribution in [0.3, 0.4) is 0 Å². The maximum absolute atomic E-state index is 13.5. The second-order valence-corrected chi connectivity index (χ2v) is 7.47. The van der Waals surface area contributed by atoms with Gasteiger partial charge in [0, 0.05) is 37.4 Å². The number of rotatable bonds is 5. The Morgan fingerprint density at radius 2 is 1.82 bits per heavy atom. The summed E-state index contributed by atoms with van der Waals surface area (Å²) in [5.41, 5.74) is 1.05. The van der Waals surface area contributed by atoms with E-state index in [9.17, 15) is 13.2 Å². The summed E-state index contributed by atoms with van der Waals surface area (Å²) in [5, 5.41) is 9.04. The molecule has 0 aliphatic carbocycles. The topological polar surface area (TPSA) is 30.3 Å². The molecule has 1 heterocycles. The lowest BCUT2D eigenvalue weighted by molar-refractivity contribution is -0.138. The molecule has 1 fully saturated rings. The Kier molecular flexibility index (Phi) is 5.95. The fraction of sp³-hybridized carbons (Fsp3) is 0.409. The molecule has 2 aromatic rings. The van der Waals surface area contributed by atoms with Crippen LogP contribution in [-0.4, -0.2) is 30.1 Å². The smallest absolute Gasteiger partial charge is 0.363 e. The average Bonchev–Trinajstić information content (AvgIpc) is 3.16. The highest BCUT2D eigenvalue weighted by Crippen LogP contribution is 2.34. The molecule has 148 valence electrons. The Morgan fingerprint density at radius 1 is 1.14 bits per heavy atom. The van der Waals surface area contributed by atoms with Crippen molar-refractivity contribution >= 4 is 5.69 Å². The molecule has 1 unspecified atom stereocenters. The van der Waals surface area contributed by atoms with E-state index < -0.39 is 11.7 Å². The van der Waals surface area contributed by atoms with Crippen LogP contribution in [0, 0.1) is 11.3 Å². The fourth-order valence-corrected chi connectivity index (χ4v) is 3.77. The third-order valence-corrected chi connectivity index (χ3v) is 5.36. The number of hydrogen-bond donors (Lipinski definition) is 0. The largest absolute Gasteiger partial charge is 0.416 e. The molecule has 3 nitrogen and oxygen atoms in total. The highest BCUT2D eigenvalue weighted by Gasteiger charge is 2.35. The molecule has 2 aromatic carbocycles. The van der Waals surface area contributed by atoms with Crippen LogP contribution in [0.4, 0.5) is 18.9 Å². The van der Waals surface area contributed by atoms with Crippen LogP contribution >= 0.6 is 0 Å². The first-order valence-electron chi connectivity index (χ1n) is 9.45. The SMILES string of the molecule is CC(C)N1CCC(N(Cc2ccccc2C(F)(F)F)c2ccc(C#N)cc2)C1. The van der Waals surface area contributed by atoms with Gasteiger partial charge in [0.25, 0.3) is 0 Å². The third-order valence-electron chi connectivity index (χ3n) is 5.36. The molecule has 0 N–H and O–H groups in total. The summed E-state index contributed by atoms with van der Waals surface area (Å²) in [5.74, 6) is 0. The van der Waals surface area contributed by atoms with Gasteiger partial charge in [-0.05, 0) is 56.2 Å². The maximum Gasteiger partial charge on any atom is 0.416 e. The molecule has 0 amide bonds. The van der Waals surface area contributed by atoms with Crippen LogP contribution in [0.25, 0.3) is 0 Å². The minimum absolute atomic E-state index is 0.122. The van der Waals surface area contributed by atoms with E-state index in [-0.39, 0.29) is 18.2 Å². The Labute approximate surface area is 164 Å². The van der Waals surface area contributed by atoms with E-state index >= 15 is 0 Å². The third kappa shape index (κ3) is 4.48. The number of hydrogen-bond acceptors (Lipinski definition) is 3. The van der Waals surface area contributed by atoms with E-state index in [1.165, 1.54) is 6.07 Å². The van der Waals surface area contributed by atoms with Gasteiger partial charge in [-0.1, -0.05) is 18.2 Å². The lowest BCUT2D eigenvalue weighted by Gasteiger charge is -2.33. The number of alkyl halides is 3. The first-order valence-corrected chi connectivity index (χ1v) is 9.45. The molecular formula is C22H24F3N3. The molecule has 1 aliphatic heterocycles. The molecule has 0 spiro atoms. The van der Waals surface area contributed by atoms with Gasteiger partial charge in [0.2, 0.25) is 0 Å². The molecule has 6 heteroatoms.